The fourth-order valence-corrected chi connectivity index (χ4v) is 5.10. The van der Waals surface area contributed by atoms with Crippen LogP contribution in [-0.4, -0.2) is 8.07 Å². The molecule has 0 aromatic heterocycles. The van der Waals surface area contributed by atoms with Gasteiger partial charge in [-0.15, -0.1) is 13.2 Å². The number of hydrogen-bond acceptors (Lipinski definition) is 0. The van der Waals surface area contributed by atoms with Crippen LogP contribution in [0, 0.1) is 0 Å². The third-order valence-corrected chi connectivity index (χ3v) is 7.29. The Bertz CT molecular complexity index is 142. The van der Waals surface area contributed by atoms with Crippen LogP contribution in [0.3, 0.4) is 0 Å². The predicted molar refractivity (Wildman–Crippen MR) is 58.8 cm³/mol. The summed E-state index contributed by atoms with van der Waals surface area (Å²) in [5, 5.41) is 0. The van der Waals surface area contributed by atoms with Gasteiger partial charge in [0.25, 0.3) is 0 Å². The second kappa shape index (κ2) is 4.66. The van der Waals surface area contributed by atoms with E-state index in [4.69, 9.17) is 0 Å². The van der Waals surface area contributed by atoms with Crippen LogP contribution in [0.4, 0.5) is 0 Å². The Labute approximate surface area is 77.4 Å². The Morgan fingerprint density at radius 3 is 1.58 bits per heavy atom. The van der Waals surface area contributed by atoms with E-state index in [1.807, 2.05) is 0 Å². The van der Waals surface area contributed by atoms with Crippen molar-refractivity contribution in [3.63, 3.8) is 0 Å². The largest absolute Gasteiger partial charge is 0.107 e. The molecule has 1 fully saturated rings. The van der Waals surface area contributed by atoms with E-state index in [1.54, 1.807) is 0 Å². The molecule has 12 heavy (non-hydrogen) atoms. The van der Waals surface area contributed by atoms with E-state index in [0.717, 1.165) is 0 Å². The zero-order valence-electron chi connectivity index (χ0n) is 8.02. The minimum Gasteiger partial charge on any atom is -0.107 e. The highest BCUT2D eigenvalue weighted by molar-refractivity contribution is 6.88. The molecule has 0 atom stereocenters. The Morgan fingerprint density at radius 1 is 0.750 bits per heavy atom. The first-order valence-corrected chi connectivity index (χ1v) is 7.67. The van der Waals surface area contributed by atoms with Crippen LogP contribution in [0.2, 0.25) is 12.1 Å². The van der Waals surface area contributed by atoms with Crippen LogP contribution in [0.1, 0.15) is 32.1 Å². The first-order chi connectivity index (χ1) is 5.83. The molecular weight excluding hydrogens is 160 g/mol. The third-order valence-electron chi connectivity index (χ3n) is 3.10. The van der Waals surface area contributed by atoms with Gasteiger partial charge in [-0.25, -0.2) is 0 Å². The first kappa shape index (κ1) is 9.78. The van der Waals surface area contributed by atoms with Crippen molar-refractivity contribution < 1.29 is 0 Å². The molecule has 0 spiro atoms. The Morgan fingerprint density at radius 2 is 1.17 bits per heavy atom. The van der Waals surface area contributed by atoms with Crippen molar-refractivity contribution >= 4 is 8.07 Å². The second-order valence-corrected chi connectivity index (χ2v) is 8.19. The van der Waals surface area contributed by atoms with Crippen molar-refractivity contribution in [3.8, 4) is 0 Å². The van der Waals surface area contributed by atoms with Crippen molar-refractivity contribution in [2.75, 3.05) is 0 Å². The van der Waals surface area contributed by atoms with E-state index >= 15 is 0 Å². The van der Waals surface area contributed by atoms with Crippen molar-refractivity contribution in [1.29, 1.82) is 0 Å². The van der Waals surface area contributed by atoms with E-state index in [9.17, 15) is 0 Å². The summed E-state index contributed by atoms with van der Waals surface area (Å²) in [6, 6.07) is 2.81. The maximum atomic E-state index is 3.99. The molecule has 1 heterocycles. The second-order valence-electron chi connectivity index (χ2n) is 3.91. The summed E-state index contributed by atoms with van der Waals surface area (Å²) in [5.74, 6) is 0. The average Bonchev–Trinajstić information content (AvgIpc) is 2.06. The highest BCUT2D eigenvalue weighted by Gasteiger charge is 2.25. The Kier molecular flexibility index (Phi) is 3.80. The molecule has 0 N–H and O–H groups in total. The lowest BCUT2D eigenvalue weighted by atomic mass is 10.2. The van der Waals surface area contributed by atoms with E-state index in [2.05, 4.69) is 24.6 Å². The maximum Gasteiger partial charge on any atom is 0.100 e. The summed E-state index contributed by atoms with van der Waals surface area (Å²) >= 11 is 0. The summed E-state index contributed by atoms with van der Waals surface area (Å²) in [4.78, 5) is 0. The minimum absolute atomic E-state index is 1.19. The van der Waals surface area contributed by atoms with Gasteiger partial charge in [0.2, 0.25) is 0 Å². The fraction of sp³-hybridized carbons (Fsp3) is 0.636. The van der Waals surface area contributed by atoms with Crippen molar-refractivity contribution in [2.24, 2.45) is 0 Å². The third kappa shape index (κ3) is 2.34. The molecule has 0 nitrogen and oxygen atoms in total. The van der Waals surface area contributed by atoms with Crippen LogP contribution < -0.4 is 0 Å². The van der Waals surface area contributed by atoms with E-state index < -0.39 is 8.07 Å². The highest BCUT2D eigenvalue weighted by atomic mass is 28.3. The molecule has 0 aromatic rings. The van der Waals surface area contributed by atoms with Crippen LogP contribution in [-0.2, 0) is 0 Å². The van der Waals surface area contributed by atoms with Gasteiger partial charge in [-0.1, -0.05) is 55.6 Å². The molecule has 0 aromatic carbocycles. The van der Waals surface area contributed by atoms with Crippen molar-refractivity contribution in [3.05, 3.63) is 24.6 Å². The molecule has 1 aliphatic heterocycles. The molecular formula is C11H20Si. The molecule has 0 amide bonds. The summed E-state index contributed by atoms with van der Waals surface area (Å²) in [5.41, 5.74) is 4.48. The lowest BCUT2D eigenvalue weighted by molar-refractivity contribution is 0.633. The standard InChI is InChI=1S/C11H20Si/c1-3-12(4-2)10-8-6-5-7-9-11-12/h3-4H,1-2,5-11H2. The lowest BCUT2D eigenvalue weighted by Crippen LogP contribution is -2.29. The molecule has 0 unspecified atom stereocenters. The van der Waals surface area contributed by atoms with E-state index in [-0.39, 0.29) is 0 Å². The van der Waals surface area contributed by atoms with E-state index in [1.165, 1.54) is 44.2 Å². The smallest absolute Gasteiger partial charge is 0.100 e. The van der Waals surface area contributed by atoms with Crippen LogP contribution in [0.5, 0.6) is 0 Å². The molecule has 0 radical (unpaired) electrons. The van der Waals surface area contributed by atoms with Gasteiger partial charge in [0.1, 0.15) is 8.07 Å². The van der Waals surface area contributed by atoms with Gasteiger partial charge in [0, 0.05) is 0 Å². The molecule has 1 saturated heterocycles. The van der Waals surface area contributed by atoms with Crippen LogP contribution in [0.15, 0.2) is 24.6 Å². The fourth-order valence-electron chi connectivity index (χ4n) is 2.06. The molecule has 68 valence electrons. The molecule has 1 rings (SSSR count). The molecule has 1 aliphatic rings. The topological polar surface area (TPSA) is 0 Å². The molecule has 0 bridgehead atoms. The maximum absolute atomic E-state index is 3.99. The lowest BCUT2D eigenvalue weighted by Gasteiger charge is -2.26. The number of rotatable bonds is 2. The van der Waals surface area contributed by atoms with Crippen LogP contribution >= 0.6 is 0 Å². The zero-order chi connectivity index (χ0) is 8.86. The SMILES string of the molecule is C=C[Si]1(C=C)CCCCCCC1. The summed E-state index contributed by atoms with van der Waals surface area (Å²) in [6.45, 7) is 7.98. The summed E-state index contributed by atoms with van der Waals surface area (Å²) in [6.07, 6.45) is 7.11. The van der Waals surface area contributed by atoms with Gasteiger partial charge >= 0.3 is 0 Å². The van der Waals surface area contributed by atoms with Crippen molar-refractivity contribution in [1.82, 2.24) is 0 Å². The summed E-state index contributed by atoms with van der Waals surface area (Å²) in [7, 11) is -1.19. The average molecular weight is 180 g/mol. The summed E-state index contributed by atoms with van der Waals surface area (Å²) < 4.78 is 0. The van der Waals surface area contributed by atoms with Crippen molar-refractivity contribution in [2.45, 2.75) is 44.2 Å². The highest BCUT2D eigenvalue weighted by Crippen LogP contribution is 2.27. The monoisotopic (exact) mass is 180 g/mol. The normalized spacial score (nSPS) is 23.7. The molecule has 0 aliphatic carbocycles. The Balaban J connectivity index is 2.57. The minimum atomic E-state index is -1.19. The molecule has 0 saturated carbocycles. The zero-order valence-corrected chi connectivity index (χ0v) is 9.02. The first-order valence-electron chi connectivity index (χ1n) is 5.10. The Hall–Kier alpha value is -0.303. The van der Waals surface area contributed by atoms with Gasteiger partial charge in [0.05, 0.1) is 0 Å². The van der Waals surface area contributed by atoms with Gasteiger partial charge in [-0.3, -0.25) is 0 Å². The quantitative estimate of drug-likeness (QED) is 0.566. The number of hydrogen-bond donors (Lipinski definition) is 0. The van der Waals surface area contributed by atoms with E-state index in [0.29, 0.717) is 0 Å². The predicted octanol–water partition coefficient (Wildman–Crippen LogP) is 3.85. The van der Waals surface area contributed by atoms with Gasteiger partial charge in [-0.2, -0.15) is 0 Å². The van der Waals surface area contributed by atoms with Crippen LogP contribution in [0.25, 0.3) is 0 Å². The van der Waals surface area contributed by atoms with Gasteiger partial charge in [-0.05, 0) is 0 Å². The van der Waals surface area contributed by atoms with Gasteiger partial charge in [0.15, 0.2) is 0 Å². The molecule has 1 heteroatoms. The van der Waals surface area contributed by atoms with Gasteiger partial charge < -0.3 is 0 Å².